The van der Waals surface area contributed by atoms with Gasteiger partial charge in [0, 0.05) is 42.2 Å². The lowest BCUT2D eigenvalue weighted by Crippen LogP contribution is -2.32. The smallest absolute Gasteiger partial charge is 0.270 e. The van der Waals surface area contributed by atoms with Crippen LogP contribution in [0.15, 0.2) is 47.6 Å². The Morgan fingerprint density at radius 1 is 1.09 bits per heavy atom. The Kier molecular flexibility index (Phi) is 9.19. The first-order valence-corrected chi connectivity index (χ1v) is 10.8. The topological polar surface area (TPSA) is 99.9 Å². The number of non-ortho nitro benzene ring substituents is 1. The zero-order chi connectivity index (χ0) is 23.7. The molecule has 0 radical (unpaired) electrons. The normalized spacial score (nSPS) is 11.2. The number of nitrogens with zero attached hydrogens (tertiary/aromatic N) is 3. The molecule has 0 aliphatic rings. The van der Waals surface area contributed by atoms with Crippen LogP contribution >= 0.6 is 0 Å². The molecular formula is C24H33N5O3. The van der Waals surface area contributed by atoms with E-state index in [2.05, 4.69) is 48.4 Å². The monoisotopic (exact) mass is 439 g/mol. The van der Waals surface area contributed by atoms with E-state index in [0.29, 0.717) is 17.4 Å². The van der Waals surface area contributed by atoms with E-state index < -0.39 is 4.92 Å². The first-order chi connectivity index (χ1) is 15.2. The van der Waals surface area contributed by atoms with Crippen LogP contribution in [0.25, 0.3) is 0 Å². The highest BCUT2D eigenvalue weighted by Crippen LogP contribution is 2.26. The average molecular weight is 440 g/mol. The van der Waals surface area contributed by atoms with Gasteiger partial charge in [0.1, 0.15) is 0 Å². The Labute approximate surface area is 189 Å². The first kappa shape index (κ1) is 24.8. The molecule has 0 aromatic heterocycles. The van der Waals surface area contributed by atoms with Gasteiger partial charge in [-0.05, 0) is 37.0 Å². The van der Waals surface area contributed by atoms with E-state index in [9.17, 15) is 14.9 Å². The van der Waals surface area contributed by atoms with Gasteiger partial charge in [0.05, 0.1) is 17.7 Å². The van der Waals surface area contributed by atoms with Crippen molar-refractivity contribution in [1.29, 1.82) is 0 Å². The van der Waals surface area contributed by atoms with Gasteiger partial charge in [-0.3, -0.25) is 14.9 Å². The maximum absolute atomic E-state index is 12.2. The summed E-state index contributed by atoms with van der Waals surface area (Å²) in [6.07, 6.45) is 1.47. The number of rotatable bonds is 11. The molecule has 0 aliphatic heterocycles. The summed E-state index contributed by atoms with van der Waals surface area (Å²) in [7, 11) is 0. The van der Waals surface area contributed by atoms with Crippen molar-refractivity contribution in [1.82, 2.24) is 5.43 Å². The third-order valence-corrected chi connectivity index (χ3v) is 4.63. The highest BCUT2D eigenvalue weighted by atomic mass is 16.6. The van der Waals surface area contributed by atoms with Crippen LogP contribution in [0.2, 0.25) is 0 Å². The molecular weight excluding hydrogens is 406 g/mol. The van der Waals surface area contributed by atoms with Crippen molar-refractivity contribution in [2.24, 2.45) is 16.9 Å². The van der Waals surface area contributed by atoms with Gasteiger partial charge in [-0.1, -0.05) is 45.4 Å². The minimum absolute atomic E-state index is 0.0170. The molecule has 8 heteroatoms. The lowest BCUT2D eigenvalue weighted by atomic mass is 10.1. The van der Waals surface area contributed by atoms with E-state index in [4.69, 9.17) is 0 Å². The standard InChI is InChI=1S/C24H33N5O3/c1-17(2)15-28(16-18(3)4)23-11-10-22(29(31)32)12-20(23)13-26-27-24(30)14-25-21-8-6-19(5)7-9-21/h6-13,17-18,25H,14-16H2,1-5H3,(H,27,30). The number of benzene rings is 2. The van der Waals surface area contributed by atoms with Gasteiger partial charge in [-0.15, -0.1) is 0 Å². The van der Waals surface area contributed by atoms with Crippen molar-refractivity contribution in [2.75, 3.05) is 29.9 Å². The average Bonchev–Trinajstić information content (AvgIpc) is 2.72. The largest absolute Gasteiger partial charge is 0.376 e. The first-order valence-electron chi connectivity index (χ1n) is 10.8. The molecule has 0 saturated heterocycles. The van der Waals surface area contributed by atoms with E-state index in [1.54, 1.807) is 6.07 Å². The summed E-state index contributed by atoms with van der Waals surface area (Å²) in [6.45, 7) is 12.2. The Bertz CT molecular complexity index is 929. The molecule has 0 atom stereocenters. The number of hydrogen-bond donors (Lipinski definition) is 2. The minimum Gasteiger partial charge on any atom is -0.376 e. The third-order valence-electron chi connectivity index (χ3n) is 4.63. The molecule has 1 amide bonds. The summed E-state index contributed by atoms with van der Waals surface area (Å²) in [5, 5.41) is 18.4. The van der Waals surface area contributed by atoms with Crippen molar-refractivity contribution in [3.8, 4) is 0 Å². The van der Waals surface area contributed by atoms with Crippen molar-refractivity contribution in [2.45, 2.75) is 34.6 Å². The summed E-state index contributed by atoms with van der Waals surface area (Å²) < 4.78 is 0. The van der Waals surface area contributed by atoms with Gasteiger partial charge >= 0.3 is 0 Å². The predicted octanol–water partition coefficient (Wildman–Crippen LogP) is 4.58. The fourth-order valence-corrected chi connectivity index (χ4v) is 3.27. The van der Waals surface area contributed by atoms with Gasteiger partial charge < -0.3 is 10.2 Å². The Morgan fingerprint density at radius 2 is 1.72 bits per heavy atom. The van der Waals surface area contributed by atoms with Crippen molar-refractivity contribution in [3.63, 3.8) is 0 Å². The lowest BCUT2D eigenvalue weighted by molar-refractivity contribution is -0.384. The van der Waals surface area contributed by atoms with Crippen LogP contribution < -0.4 is 15.6 Å². The summed E-state index contributed by atoms with van der Waals surface area (Å²) in [6, 6.07) is 12.5. The van der Waals surface area contributed by atoms with Crippen LogP contribution in [0.5, 0.6) is 0 Å². The molecule has 2 aromatic rings. The van der Waals surface area contributed by atoms with Gasteiger partial charge in [0.2, 0.25) is 0 Å². The van der Waals surface area contributed by atoms with Crippen LogP contribution in [0.4, 0.5) is 17.1 Å². The number of amides is 1. The molecule has 0 unspecified atom stereocenters. The number of nitrogens with one attached hydrogen (secondary N) is 2. The number of anilines is 2. The highest BCUT2D eigenvalue weighted by Gasteiger charge is 2.17. The number of carbonyl (C=O) groups is 1. The number of aryl methyl sites for hydroxylation is 1. The second-order valence-electron chi connectivity index (χ2n) is 8.71. The Hall–Kier alpha value is -3.42. The number of hydrazone groups is 1. The molecule has 0 spiro atoms. The molecule has 0 heterocycles. The molecule has 0 fully saturated rings. The molecule has 172 valence electrons. The fraction of sp³-hybridized carbons (Fsp3) is 0.417. The molecule has 2 rings (SSSR count). The number of carbonyl (C=O) groups excluding carboxylic acids is 1. The molecule has 0 aliphatic carbocycles. The van der Waals surface area contributed by atoms with Crippen LogP contribution in [0, 0.1) is 28.9 Å². The molecule has 32 heavy (non-hydrogen) atoms. The Morgan fingerprint density at radius 3 is 2.28 bits per heavy atom. The molecule has 8 nitrogen and oxygen atoms in total. The highest BCUT2D eigenvalue weighted by molar-refractivity contribution is 5.90. The van der Waals surface area contributed by atoms with Crippen LogP contribution in [0.3, 0.4) is 0 Å². The minimum atomic E-state index is -0.430. The second-order valence-corrected chi connectivity index (χ2v) is 8.71. The summed E-state index contributed by atoms with van der Waals surface area (Å²) in [5.74, 6) is 0.526. The summed E-state index contributed by atoms with van der Waals surface area (Å²) in [4.78, 5) is 25.2. The van der Waals surface area contributed by atoms with E-state index in [1.165, 1.54) is 18.3 Å². The third kappa shape index (κ3) is 8.02. The second kappa shape index (κ2) is 11.8. The number of nitro benzene ring substituents is 1. The number of nitro groups is 1. The van der Waals surface area contributed by atoms with E-state index in [1.807, 2.05) is 31.2 Å². The van der Waals surface area contributed by atoms with Crippen molar-refractivity contribution >= 4 is 29.2 Å². The SMILES string of the molecule is Cc1ccc(NCC(=O)NN=Cc2cc([N+](=O)[O-])ccc2N(CC(C)C)CC(C)C)cc1. The van der Waals surface area contributed by atoms with Crippen molar-refractivity contribution < 1.29 is 9.72 Å². The predicted molar refractivity (Wildman–Crippen MR) is 130 cm³/mol. The summed E-state index contributed by atoms with van der Waals surface area (Å²) >= 11 is 0. The molecule has 2 aromatic carbocycles. The maximum atomic E-state index is 12.2. The van der Waals surface area contributed by atoms with Gasteiger partial charge in [0.15, 0.2) is 0 Å². The molecule has 2 N–H and O–H groups in total. The van der Waals surface area contributed by atoms with Gasteiger partial charge in [0.25, 0.3) is 11.6 Å². The zero-order valence-electron chi connectivity index (χ0n) is 19.5. The maximum Gasteiger partial charge on any atom is 0.270 e. The molecule has 0 bridgehead atoms. The fourth-order valence-electron chi connectivity index (χ4n) is 3.27. The van der Waals surface area contributed by atoms with Crippen LogP contribution in [-0.2, 0) is 4.79 Å². The van der Waals surface area contributed by atoms with Crippen LogP contribution in [-0.4, -0.2) is 36.7 Å². The summed E-state index contributed by atoms with van der Waals surface area (Å²) in [5.41, 5.74) is 5.90. The van der Waals surface area contributed by atoms with Crippen LogP contribution in [0.1, 0.15) is 38.8 Å². The zero-order valence-corrected chi connectivity index (χ0v) is 19.5. The van der Waals surface area contributed by atoms with E-state index in [-0.39, 0.29) is 18.1 Å². The molecule has 0 saturated carbocycles. The lowest BCUT2D eigenvalue weighted by Gasteiger charge is -2.29. The van der Waals surface area contributed by atoms with E-state index in [0.717, 1.165) is 30.0 Å². The number of hydrogen-bond acceptors (Lipinski definition) is 6. The van der Waals surface area contributed by atoms with Crippen molar-refractivity contribution in [3.05, 3.63) is 63.7 Å². The van der Waals surface area contributed by atoms with Gasteiger partial charge in [-0.2, -0.15) is 5.10 Å². The van der Waals surface area contributed by atoms with Gasteiger partial charge in [-0.25, -0.2) is 5.43 Å². The van der Waals surface area contributed by atoms with E-state index >= 15 is 0 Å². The quantitative estimate of drug-likeness (QED) is 0.303. The Balaban J connectivity index is 2.15.